The maximum Gasteiger partial charge on any atom is 0.231 e. The first-order valence-electron chi connectivity index (χ1n) is 8.56. The van der Waals surface area contributed by atoms with Crippen LogP contribution in [0, 0.1) is 5.41 Å². The molecule has 1 N–H and O–H groups in total. The van der Waals surface area contributed by atoms with Crippen LogP contribution in [0.15, 0.2) is 24.3 Å². The molecule has 1 spiro atoms. The van der Waals surface area contributed by atoms with Gasteiger partial charge in [0.2, 0.25) is 5.91 Å². The van der Waals surface area contributed by atoms with E-state index in [9.17, 15) is 4.79 Å². The number of methoxy groups -OCH3 is 1. The number of hydrogen-bond donors (Lipinski definition) is 1. The Kier molecular flexibility index (Phi) is 4.13. The number of hydrogen-bond acceptors (Lipinski definition) is 3. The van der Waals surface area contributed by atoms with Gasteiger partial charge in [0, 0.05) is 30.1 Å². The summed E-state index contributed by atoms with van der Waals surface area (Å²) in [6.45, 7) is 8.91. The Morgan fingerprint density at radius 2 is 2.04 bits per heavy atom. The summed E-state index contributed by atoms with van der Waals surface area (Å²) in [5.41, 5.74) is 0.678. The Morgan fingerprint density at radius 3 is 2.65 bits per heavy atom. The lowest BCUT2D eigenvalue weighted by Gasteiger charge is -2.38. The molecule has 0 aromatic heterocycles. The number of nitrogens with zero attached hydrogens (tertiary/aromatic N) is 1. The van der Waals surface area contributed by atoms with Crippen molar-refractivity contribution in [1.82, 2.24) is 10.2 Å². The number of likely N-dealkylation sites (tertiary alicyclic amines) is 1. The minimum Gasteiger partial charge on any atom is -0.496 e. The summed E-state index contributed by atoms with van der Waals surface area (Å²) >= 11 is 0. The number of carbonyl (C=O) groups is 1. The normalized spacial score (nSPS) is 28.4. The first-order chi connectivity index (χ1) is 10.9. The number of rotatable bonds is 2. The Balaban J connectivity index is 2.07. The van der Waals surface area contributed by atoms with Gasteiger partial charge in [0.25, 0.3) is 0 Å². The maximum atomic E-state index is 13.4. The van der Waals surface area contributed by atoms with Crippen LogP contribution in [0.4, 0.5) is 0 Å². The number of piperidine rings is 1. The van der Waals surface area contributed by atoms with Crippen LogP contribution in [0.2, 0.25) is 0 Å². The maximum absolute atomic E-state index is 13.4. The molecule has 2 fully saturated rings. The summed E-state index contributed by atoms with van der Waals surface area (Å²) < 4.78 is 5.60. The predicted molar refractivity (Wildman–Crippen MR) is 91.7 cm³/mol. The Labute approximate surface area is 139 Å². The molecular weight excluding hydrogens is 288 g/mol. The highest BCUT2D eigenvalue weighted by atomic mass is 16.5. The largest absolute Gasteiger partial charge is 0.496 e. The van der Waals surface area contributed by atoms with Crippen molar-refractivity contribution in [1.29, 1.82) is 0 Å². The molecule has 2 atom stereocenters. The number of ether oxygens (including phenoxy) is 1. The van der Waals surface area contributed by atoms with Crippen molar-refractivity contribution in [3.05, 3.63) is 29.8 Å². The molecule has 4 nitrogen and oxygen atoms in total. The van der Waals surface area contributed by atoms with Crippen LogP contribution in [0.1, 0.15) is 45.1 Å². The van der Waals surface area contributed by atoms with Crippen LogP contribution in [0.3, 0.4) is 0 Å². The number of para-hydroxylation sites is 1. The third-order valence-corrected chi connectivity index (χ3v) is 5.44. The van der Waals surface area contributed by atoms with Crippen LogP contribution in [-0.4, -0.2) is 43.1 Å². The van der Waals surface area contributed by atoms with Crippen LogP contribution >= 0.6 is 0 Å². The van der Waals surface area contributed by atoms with Gasteiger partial charge in [-0.1, -0.05) is 18.2 Å². The van der Waals surface area contributed by atoms with E-state index >= 15 is 0 Å². The predicted octanol–water partition coefficient (Wildman–Crippen LogP) is 2.79. The van der Waals surface area contributed by atoms with Crippen molar-refractivity contribution in [3.8, 4) is 5.75 Å². The third kappa shape index (κ3) is 2.63. The summed E-state index contributed by atoms with van der Waals surface area (Å²) in [7, 11) is 1.71. The molecule has 0 unspecified atom stereocenters. The molecule has 0 radical (unpaired) electrons. The van der Waals surface area contributed by atoms with Gasteiger partial charge in [-0.25, -0.2) is 0 Å². The van der Waals surface area contributed by atoms with E-state index in [1.165, 1.54) is 5.56 Å². The van der Waals surface area contributed by atoms with E-state index in [4.69, 9.17) is 4.74 Å². The molecule has 3 rings (SSSR count). The molecule has 1 aromatic rings. The van der Waals surface area contributed by atoms with E-state index in [1.807, 2.05) is 18.2 Å². The number of benzene rings is 1. The lowest BCUT2D eigenvalue weighted by molar-refractivity contribution is -0.141. The zero-order valence-corrected chi connectivity index (χ0v) is 14.7. The van der Waals surface area contributed by atoms with E-state index in [1.54, 1.807) is 7.11 Å². The molecule has 2 aliphatic heterocycles. The van der Waals surface area contributed by atoms with Gasteiger partial charge in [-0.3, -0.25) is 4.79 Å². The van der Waals surface area contributed by atoms with Crippen LogP contribution < -0.4 is 10.1 Å². The second-order valence-electron chi connectivity index (χ2n) is 7.82. The number of amides is 1. The first-order valence-corrected chi connectivity index (χ1v) is 8.56. The second-order valence-corrected chi connectivity index (χ2v) is 7.82. The van der Waals surface area contributed by atoms with E-state index in [2.05, 4.69) is 37.1 Å². The third-order valence-electron chi connectivity index (χ3n) is 5.44. The lowest BCUT2D eigenvalue weighted by atomic mass is 9.69. The molecule has 1 aromatic carbocycles. The van der Waals surface area contributed by atoms with Crippen molar-refractivity contribution >= 4 is 5.91 Å². The van der Waals surface area contributed by atoms with Crippen LogP contribution in [0.25, 0.3) is 0 Å². The van der Waals surface area contributed by atoms with Crippen molar-refractivity contribution in [2.45, 2.75) is 45.1 Å². The number of carbonyl (C=O) groups excluding carboxylic acids is 1. The summed E-state index contributed by atoms with van der Waals surface area (Å²) in [6, 6.07) is 8.17. The molecule has 0 aliphatic carbocycles. The molecule has 1 amide bonds. The highest BCUT2D eigenvalue weighted by Crippen LogP contribution is 2.51. The first kappa shape index (κ1) is 16.3. The summed E-state index contributed by atoms with van der Waals surface area (Å²) in [6.07, 6.45) is 2.00. The smallest absolute Gasteiger partial charge is 0.231 e. The van der Waals surface area contributed by atoms with E-state index < -0.39 is 0 Å². The van der Waals surface area contributed by atoms with Gasteiger partial charge in [0.05, 0.1) is 12.5 Å². The summed E-state index contributed by atoms with van der Waals surface area (Å²) in [4.78, 5) is 15.4. The van der Waals surface area contributed by atoms with Gasteiger partial charge in [-0.2, -0.15) is 0 Å². The van der Waals surface area contributed by atoms with E-state index in [-0.39, 0.29) is 16.9 Å². The van der Waals surface area contributed by atoms with Gasteiger partial charge in [0.15, 0.2) is 0 Å². The van der Waals surface area contributed by atoms with Crippen molar-refractivity contribution < 1.29 is 9.53 Å². The Hall–Kier alpha value is -1.55. The van der Waals surface area contributed by atoms with Crippen molar-refractivity contribution in [2.24, 2.45) is 5.41 Å². The zero-order chi connectivity index (χ0) is 16.7. The molecule has 2 saturated heterocycles. The SMILES string of the molecule is COc1ccccc1[C@@H]1CN(C(C)(C)C)C(=O)[C@@]12CCCNC2. The minimum atomic E-state index is -0.333. The van der Waals surface area contributed by atoms with Gasteiger partial charge in [0.1, 0.15) is 5.75 Å². The van der Waals surface area contributed by atoms with Gasteiger partial charge >= 0.3 is 0 Å². The molecule has 0 bridgehead atoms. The van der Waals surface area contributed by atoms with Crippen molar-refractivity contribution in [3.63, 3.8) is 0 Å². The zero-order valence-electron chi connectivity index (χ0n) is 14.7. The van der Waals surface area contributed by atoms with Gasteiger partial charge in [-0.05, 0) is 46.2 Å². The minimum absolute atomic E-state index is 0.154. The Morgan fingerprint density at radius 1 is 1.30 bits per heavy atom. The average Bonchev–Trinajstić information content (AvgIpc) is 2.81. The monoisotopic (exact) mass is 316 g/mol. The topological polar surface area (TPSA) is 41.6 Å². The van der Waals surface area contributed by atoms with Crippen LogP contribution in [0.5, 0.6) is 5.75 Å². The van der Waals surface area contributed by atoms with E-state index in [0.717, 1.165) is 38.2 Å². The molecule has 2 aliphatic rings. The lowest BCUT2D eigenvalue weighted by Crippen LogP contribution is -2.50. The van der Waals surface area contributed by atoms with Gasteiger partial charge in [-0.15, -0.1) is 0 Å². The molecule has 23 heavy (non-hydrogen) atoms. The molecule has 0 saturated carbocycles. The number of nitrogens with one attached hydrogen (secondary N) is 1. The quantitative estimate of drug-likeness (QED) is 0.912. The van der Waals surface area contributed by atoms with Crippen LogP contribution in [-0.2, 0) is 4.79 Å². The molecule has 2 heterocycles. The van der Waals surface area contributed by atoms with Gasteiger partial charge < -0.3 is 15.0 Å². The fourth-order valence-electron chi connectivity index (χ4n) is 4.20. The fourth-order valence-corrected chi connectivity index (χ4v) is 4.20. The average molecular weight is 316 g/mol. The second kappa shape index (κ2) is 5.82. The van der Waals surface area contributed by atoms with Crippen molar-refractivity contribution in [2.75, 3.05) is 26.7 Å². The van der Waals surface area contributed by atoms with E-state index in [0.29, 0.717) is 5.91 Å². The molecular formula is C19H28N2O2. The summed E-state index contributed by atoms with van der Waals surface area (Å²) in [5, 5.41) is 3.47. The molecule has 126 valence electrons. The molecule has 4 heteroatoms. The summed E-state index contributed by atoms with van der Waals surface area (Å²) in [5.74, 6) is 1.37. The standard InChI is InChI=1S/C19H28N2O2/c1-18(2,3)21-12-15(14-8-5-6-9-16(14)23-4)19(17(21)22)10-7-11-20-13-19/h5-6,8-9,15,20H,7,10-13H2,1-4H3/t15-,19+/m0/s1. The fraction of sp³-hybridized carbons (Fsp3) is 0.632. The highest BCUT2D eigenvalue weighted by Gasteiger charge is 2.57. The Bertz CT molecular complexity index is 585. The highest BCUT2D eigenvalue weighted by molar-refractivity contribution is 5.88.